The van der Waals surface area contributed by atoms with Crippen molar-refractivity contribution >= 4 is 21.9 Å². The number of nitrogens with one attached hydrogen (secondary N) is 2. The van der Waals surface area contributed by atoms with Crippen molar-refractivity contribution in [3.8, 4) is 0 Å². The first-order valence-corrected chi connectivity index (χ1v) is 26.6. The van der Waals surface area contributed by atoms with E-state index in [1.165, 1.54) is 21.1 Å². The lowest BCUT2D eigenvalue weighted by atomic mass is 9.74. The number of hydrogen-bond donors (Lipinski definition) is 7. The van der Waals surface area contributed by atoms with Gasteiger partial charge in [0.15, 0.2) is 12.6 Å². The summed E-state index contributed by atoms with van der Waals surface area (Å²) in [7, 11) is -1.30. The second-order valence-corrected chi connectivity index (χ2v) is 23.5. The van der Waals surface area contributed by atoms with Crippen LogP contribution in [0.3, 0.4) is 0 Å². The number of carbonyl (C=O) groups is 1. The van der Waals surface area contributed by atoms with Gasteiger partial charge in [-0.2, -0.15) is 12.7 Å². The number of methoxy groups -OCH3 is 1. The number of likely N-dealkylation sites (tertiary alicyclic amines) is 1. The fourth-order valence-electron chi connectivity index (χ4n) is 11.2. The van der Waals surface area contributed by atoms with E-state index in [2.05, 4.69) is 14.9 Å². The van der Waals surface area contributed by atoms with Crippen LogP contribution in [-0.4, -0.2) is 179 Å². The highest BCUT2D eigenvalue weighted by molar-refractivity contribution is 7.90. The molecule has 0 aliphatic carbocycles. The molecule has 1 aromatic rings. The second-order valence-electron chi connectivity index (χ2n) is 21.8. The highest BCUT2D eigenvalue weighted by atomic mass is 32.2. The number of carbonyl (C=O) groups excluding carboxylic acids is 1. The molecular weight excluding hydrogens is 913 g/mol. The molecule has 0 unspecified atom stereocenters. The third kappa shape index (κ3) is 13.0. The summed E-state index contributed by atoms with van der Waals surface area (Å²) in [6.45, 7) is 23.2. The molecule has 0 saturated carbocycles. The highest BCUT2D eigenvalue weighted by Gasteiger charge is 2.59. The summed E-state index contributed by atoms with van der Waals surface area (Å²) in [6, 6.07) is 3.53. The molecule has 398 valence electrons. The number of β-amino-alcohol motifs (C(OH)–C–C–N with tert-alkyl or cyclic N) is 1. The molecule has 4 heterocycles. The number of anilines is 1. The minimum atomic E-state index is -4.22. The Bertz CT molecular complexity index is 1960. The Kier molecular flexibility index (Phi) is 19.3. The van der Waals surface area contributed by atoms with Gasteiger partial charge in [0, 0.05) is 39.1 Å². The van der Waals surface area contributed by atoms with E-state index in [1.807, 2.05) is 33.8 Å². The molecule has 4 aliphatic rings. The molecule has 4 saturated heterocycles. The summed E-state index contributed by atoms with van der Waals surface area (Å²) in [4.78, 5) is 16.8. The molecule has 18 atom stereocenters. The third-order valence-electron chi connectivity index (χ3n) is 16.0. The van der Waals surface area contributed by atoms with Crippen LogP contribution in [0, 0.1) is 31.6 Å². The van der Waals surface area contributed by atoms with Gasteiger partial charge in [0.2, 0.25) is 0 Å². The number of piperidine rings is 1. The number of hydrogen-bond acceptors (Lipinski definition) is 16. The lowest BCUT2D eigenvalue weighted by Gasteiger charge is -2.55. The van der Waals surface area contributed by atoms with Crippen LogP contribution < -0.4 is 10.0 Å². The molecular formula is C50H88N4O14S. The normalized spacial score (nSPS) is 42.9. The molecule has 19 heteroatoms. The van der Waals surface area contributed by atoms with Gasteiger partial charge in [-0.05, 0) is 143 Å². The number of aliphatic hydroxyl groups is 5. The van der Waals surface area contributed by atoms with E-state index in [4.69, 9.17) is 28.4 Å². The molecule has 0 bridgehead atoms. The van der Waals surface area contributed by atoms with Crippen molar-refractivity contribution < 1.29 is 67.2 Å². The zero-order valence-electron chi connectivity index (χ0n) is 43.8. The van der Waals surface area contributed by atoms with Gasteiger partial charge in [0.25, 0.3) is 0 Å². The van der Waals surface area contributed by atoms with Crippen molar-refractivity contribution in [1.82, 2.24) is 14.5 Å². The van der Waals surface area contributed by atoms with Crippen LogP contribution in [0.15, 0.2) is 18.2 Å². The Hall–Kier alpha value is -2.08. The minimum Gasteiger partial charge on any atom is -0.459 e. The van der Waals surface area contributed by atoms with Gasteiger partial charge >= 0.3 is 16.2 Å². The molecule has 4 fully saturated rings. The van der Waals surface area contributed by atoms with Crippen LogP contribution in [0.2, 0.25) is 0 Å². The van der Waals surface area contributed by atoms with Crippen LogP contribution in [0.4, 0.5) is 5.69 Å². The number of aryl methyl sites for hydroxylation is 2. The van der Waals surface area contributed by atoms with E-state index >= 15 is 0 Å². The first-order chi connectivity index (χ1) is 32.0. The molecule has 1 aromatic carbocycles. The van der Waals surface area contributed by atoms with E-state index in [-0.39, 0.29) is 31.6 Å². The number of likely N-dealkylation sites (N-methyl/N-ethyl adjacent to an activating group) is 1. The highest BCUT2D eigenvalue weighted by Crippen LogP contribution is 2.44. The fraction of sp³-hybridized carbons (Fsp3) is 0.860. The van der Waals surface area contributed by atoms with Crippen LogP contribution >= 0.6 is 0 Å². The zero-order valence-corrected chi connectivity index (χ0v) is 44.6. The maximum absolute atomic E-state index is 14.6. The molecule has 69 heavy (non-hydrogen) atoms. The Morgan fingerprint density at radius 3 is 2.20 bits per heavy atom. The second kappa shape index (κ2) is 23.0. The zero-order chi connectivity index (χ0) is 51.6. The van der Waals surface area contributed by atoms with Crippen molar-refractivity contribution in [3.05, 3.63) is 29.3 Å². The van der Waals surface area contributed by atoms with E-state index in [0.717, 1.165) is 47.8 Å². The fourth-order valence-corrected chi connectivity index (χ4v) is 12.4. The molecule has 7 N–H and O–H groups in total. The third-order valence-corrected chi connectivity index (χ3v) is 17.6. The van der Waals surface area contributed by atoms with Crippen molar-refractivity contribution in [2.75, 3.05) is 45.1 Å². The van der Waals surface area contributed by atoms with Crippen LogP contribution in [0.1, 0.15) is 125 Å². The van der Waals surface area contributed by atoms with Crippen LogP contribution in [-0.2, 0) is 43.4 Å². The van der Waals surface area contributed by atoms with Crippen molar-refractivity contribution in [2.24, 2.45) is 17.8 Å². The van der Waals surface area contributed by atoms with Gasteiger partial charge in [-0.1, -0.05) is 33.3 Å². The van der Waals surface area contributed by atoms with E-state index in [0.29, 0.717) is 18.8 Å². The Labute approximate surface area is 412 Å². The van der Waals surface area contributed by atoms with Gasteiger partial charge in [-0.25, -0.2) is 0 Å². The summed E-state index contributed by atoms with van der Waals surface area (Å²) in [5.74, 6) is -3.11. The van der Waals surface area contributed by atoms with Crippen molar-refractivity contribution in [2.45, 2.75) is 218 Å². The number of nitrogens with zero attached hydrogens (tertiary/aromatic N) is 2. The molecule has 0 radical (unpaired) electrons. The quantitative estimate of drug-likeness (QED) is 0.148. The van der Waals surface area contributed by atoms with E-state index in [9.17, 15) is 38.7 Å². The molecule has 18 nitrogen and oxygen atoms in total. The Morgan fingerprint density at radius 1 is 0.942 bits per heavy atom. The Balaban J connectivity index is 1.55. The summed E-state index contributed by atoms with van der Waals surface area (Å²) < 4.78 is 70.5. The number of esters is 1. The smallest absolute Gasteiger partial charge is 0.311 e. The number of benzene rings is 1. The number of rotatable bonds is 12. The SMILES string of the molecule is CC[C@H]1OC(=O)[C@H](C)[C@@H](O[C@H]2C[C@@](C)(OC)[C@](O)(CN3CCCCC3)[C@H](C)O2)[C@H](C)[C@@H](O[C@H]2O[C@@H](C)C[C@@H](N(C)S(=O)(=O)Nc3ccc(C)c(C)c3)[C@@H]2O)[C@](C)(O)C[C@@H](C)CN[C@H](C)[C@@H](O)[C@]1(C)O. The number of aliphatic hydroxyl groups excluding tert-OH is 2. The summed E-state index contributed by atoms with van der Waals surface area (Å²) >= 11 is 0. The lowest BCUT2D eigenvalue weighted by Crippen LogP contribution is -2.70. The van der Waals surface area contributed by atoms with Gasteiger partial charge < -0.3 is 64.2 Å². The van der Waals surface area contributed by atoms with Crippen molar-refractivity contribution in [3.63, 3.8) is 0 Å². The standard InChI is InChI=1S/C50H88N4O14S/c1-15-39-49(12,59)43(56)35(8)51-27-29(2)25-47(10,58)44(68-46-41(55)38(24-32(5)64-46)53(13)69(61,62)52-37-20-19-30(3)31(4)23-37)33(6)42(34(7)45(57)66-39)67-40-26-48(11,63-14)50(60,36(9)65-40)28-54-21-17-16-18-22-54/h19-20,23,29,32-36,38-44,46,51-52,55-56,58-60H,15-18,21-22,24-28H2,1-14H3/t29-,32+,33+,34-,35-,36+,38-,39-,40+,41+,42+,43-,44-,46-,47-,48-,49-,50+/m1/s1. The summed E-state index contributed by atoms with van der Waals surface area (Å²) in [5.41, 5.74) is -4.00. The maximum Gasteiger partial charge on any atom is 0.311 e. The minimum absolute atomic E-state index is 0.0464. The molecule has 0 aromatic heterocycles. The molecule has 5 rings (SSSR count). The average molecular weight is 1000 g/mol. The maximum atomic E-state index is 14.6. The monoisotopic (exact) mass is 1000 g/mol. The van der Waals surface area contributed by atoms with Gasteiger partial charge in [0.05, 0.1) is 47.7 Å². The molecule has 0 spiro atoms. The largest absolute Gasteiger partial charge is 0.459 e. The summed E-state index contributed by atoms with van der Waals surface area (Å²) in [6.07, 6.45) is -6.90. The van der Waals surface area contributed by atoms with Crippen molar-refractivity contribution in [1.29, 1.82) is 0 Å². The van der Waals surface area contributed by atoms with Gasteiger partial charge in [-0.15, -0.1) is 0 Å². The first kappa shape index (κ1) is 57.8. The summed E-state index contributed by atoms with van der Waals surface area (Å²) in [5, 5.41) is 64.1. The average Bonchev–Trinajstić information content (AvgIpc) is 3.28. The van der Waals surface area contributed by atoms with Gasteiger partial charge in [0.1, 0.15) is 35.1 Å². The lowest BCUT2D eigenvalue weighted by molar-refractivity contribution is -0.339. The van der Waals surface area contributed by atoms with E-state index in [1.54, 1.807) is 60.6 Å². The van der Waals surface area contributed by atoms with E-state index < -0.39 is 118 Å². The topological polar surface area (TPSA) is 238 Å². The number of ether oxygens (including phenoxy) is 6. The molecule has 0 amide bonds. The number of cyclic esters (lactones) is 1. The van der Waals surface area contributed by atoms with Crippen LogP contribution in [0.5, 0.6) is 0 Å². The predicted octanol–water partition coefficient (Wildman–Crippen LogP) is 3.76. The molecule has 4 aliphatic heterocycles. The predicted molar refractivity (Wildman–Crippen MR) is 261 cm³/mol. The van der Waals surface area contributed by atoms with Gasteiger partial charge in [-0.3, -0.25) is 9.52 Å². The van der Waals surface area contributed by atoms with Crippen LogP contribution in [0.25, 0.3) is 0 Å². The Morgan fingerprint density at radius 2 is 1.59 bits per heavy atom. The first-order valence-electron chi connectivity index (χ1n) is 25.2.